The molecule has 0 spiro atoms. The predicted octanol–water partition coefficient (Wildman–Crippen LogP) is 5.70. The molecule has 3 rings (SSSR count). The Kier molecular flexibility index (Phi) is 6.23. The van der Waals surface area contributed by atoms with Crippen LogP contribution in [-0.2, 0) is 6.54 Å². The third-order valence-corrected chi connectivity index (χ3v) is 3.74. The van der Waals surface area contributed by atoms with Gasteiger partial charge in [0.05, 0.1) is 5.69 Å². The first-order valence-corrected chi connectivity index (χ1v) is 8.61. The number of urea groups is 1. The molecule has 150 valence electrons. The van der Waals surface area contributed by atoms with Gasteiger partial charge in [-0.25, -0.2) is 4.79 Å². The number of ether oxygens (including phenoxy) is 2. The fourth-order valence-corrected chi connectivity index (χ4v) is 2.49. The number of hydrogen-bond acceptors (Lipinski definition) is 3. The first-order valence-electron chi connectivity index (χ1n) is 8.61. The number of para-hydroxylation sites is 4. The van der Waals surface area contributed by atoms with Gasteiger partial charge in [-0.05, 0) is 30.3 Å². The summed E-state index contributed by atoms with van der Waals surface area (Å²) >= 11 is 0. The van der Waals surface area contributed by atoms with E-state index in [1.165, 1.54) is 18.2 Å². The first-order chi connectivity index (χ1) is 13.9. The summed E-state index contributed by atoms with van der Waals surface area (Å²) in [6.07, 6.45) is -4.81. The van der Waals surface area contributed by atoms with Crippen molar-refractivity contribution in [1.82, 2.24) is 5.32 Å². The van der Waals surface area contributed by atoms with Crippen molar-refractivity contribution >= 4 is 11.7 Å². The number of hydrogen-bond donors (Lipinski definition) is 2. The fourth-order valence-electron chi connectivity index (χ4n) is 2.49. The molecule has 5 nitrogen and oxygen atoms in total. The molecule has 0 unspecified atom stereocenters. The number of rotatable bonds is 6. The number of amides is 2. The number of anilines is 1. The molecule has 0 aliphatic heterocycles. The van der Waals surface area contributed by atoms with Gasteiger partial charge >= 0.3 is 12.4 Å². The van der Waals surface area contributed by atoms with Crippen molar-refractivity contribution in [3.8, 4) is 17.2 Å². The summed E-state index contributed by atoms with van der Waals surface area (Å²) in [6.45, 7) is -0.153. The van der Waals surface area contributed by atoms with Crippen LogP contribution in [0.2, 0.25) is 0 Å². The van der Waals surface area contributed by atoms with Gasteiger partial charge in [-0.1, -0.05) is 48.5 Å². The van der Waals surface area contributed by atoms with Crippen LogP contribution in [0.3, 0.4) is 0 Å². The average Bonchev–Trinajstić information content (AvgIpc) is 2.68. The zero-order chi connectivity index (χ0) is 20.7. The van der Waals surface area contributed by atoms with E-state index in [1.54, 1.807) is 42.5 Å². The highest BCUT2D eigenvalue weighted by Gasteiger charge is 2.32. The van der Waals surface area contributed by atoms with E-state index in [1.807, 2.05) is 18.2 Å². The van der Waals surface area contributed by atoms with Crippen molar-refractivity contribution < 1.29 is 27.4 Å². The number of carbonyl (C=O) groups excluding carboxylic acids is 1. The van der Waals surface area contributed by atoms with Gasteiger partial charge in [0.25, 0.3) is 0 Å². The van der Waals surface area contributed by atoms with Crippen molar-refractivity contribution in [2.75, 3.05) is 5.32 Å². The summed E-state index contributed by atoms with van der Waals surface area (Å²) in [5, 5.41) is 5.14. The number of nitrogens with one attached hydrogen (secondary N) is 2. The number of benzene rings is 3. The minimum absolute atomic E-state index is 0.153. The number of halogens is 3. The van der Waals surface area contributed by atoms with E-state index in [-0.39, 0.29) is 17.9 Å². The quantitative estimate of drug-likeness (QED) is 0.556. The molecule has 0 aromatic heterocycles. The molecule has 2 N–H and O–H groups in total. The summed E-state index contributed by atoms with van der Waals surface area (Å²) in [5.74, 6) is 0.656. The lowest BCUT2D eigenvalue weighted by atomic mass is 10.2. The van der Waals surface area contributed by atoms with Gasteiger partial charge in [0, 0.05) is 12.1 Å². The van der Waals surface area contributed by atoms with E-state index in [0.717, 1.165) is 0 Å². The lowest BCUT2D eigenvalue weighted by Gasteiger charge is -2.15. The largest absolute Gasteiger partial charge is 0.573 e. The second-order valence-electron chi connectivity index (χ2n) is 5.87. The third-order valence-electron chi connectivity index (χ3n) is 3.74. The van der Waals surface area contributed by atoms with E-state index in [0.29, 0.717) is 17.2 Å². The molecule has 29 heavy (non-hydrogen) atoms. The zero-order valence-electron chi connectivity index (χ0n) is 15.1. The van der Waals surface area contributed by atoms with E-state index < -0.39 is 12.4 Å². The molecule has 0 aliphatic rings. The highest BCUT2D eigenvalue weighted by Crippen LogP contribution is 2.29. The first kappa shape index (κ1) is 20.1. The lowest BCUT2D eigenvalue weighted by molar-refractivity contribution is -0.274. The van der Waals surface area contributed by atoms with Crippen LogP contribution in [0, 0.1) is 0 Å². The van der Waals surface area contributed by atoms with E-state index in [9.17, 15) is 18.0 Å². The number of alkyl halides is 3. The molecule has 8 heteroatoms. The summed E-state index contributed by atoms with van der Waals surface area (Å²) in [6, 6.07) is 20.9. The molecule has 0 radical (unpaired) electrons. The Morgan fingerprint density at radius 3 is 2.17 bits per heavy atom. The van der Waals surface area contributed by atoms with Crippen molar-refractivity contribution in [1.29, 1.82) is 0 Å². The van der Waals surface area contributed by atoms with Gasteiger partial charge in [-0.3, -0.25) is 0 Å². The highest BCUT2D eigenvalue weighted by atomic mass is 19.4. The standard InChI is InChI=1S/C21H17F3N2O3/c22-21(23,24)29-18-12-6-4-8-15(18)14-25-20(27)26-17-11-5-7-13-19(17)28-16-9-2-1-3-10-16/h1-13H,14H2,(H2,25,26,27). The van der Waals surface area contributed by atoms with Crippen molar-refractivity contribution in [3.63, 3.8) is 0 Å². The Morgan fingerprint density at radius 2 is 1.45 bits per heavy atom. The Balaban J connectivity index is 1.64. The van der Waals surface area contributed by atoms with Crippen molar-refractivity contribution in [3.05, 3.63) is 84.4 Å². The topological polar surface area (TPSA) is 59.6 Å². The second kappa shape index (κ2) is 9.01. The molecule has 0 saturated carbocycles. The summed E-state index contributed by atoms with van der Waals surface area (Å²) < 4.78 is 47.2. The molecule has 0 saturated heterocycles. The molecule has 0 bridgehead atoms. The monoisotopic (exact) mass is 402 g/mol. The molecule has 2 amide bonds. The SMILES string of the molecule is O=C(NCc1ccccc1OC(F)(F)F)Nc1ccccc1Oc1ccccc1. The summed E-state index contributed by atoms with van der Waals surface area (Å²) in [4.78, 5) is 12.2. The summed E-state index contributed by atoms with van der Waals surface area (Å²) in [7, 11) is 0. The maximum atomic E-state index is 12.5. The summed E-state index contributed by atoms with van der Waals surface area (Å²) in [5.41, 5.74) is 0.600. The molecular formula is C21H17F3N2O3. The predicted molar refractivity (Wildman–Crippen MR) is 102 cm³/mol. The van der Waals surface area contributed by atoms with E-state index in [4.69, 9.17) is 4.74 Å². The lowest BCUT2D eigenvalue weighted by Crippen LogP contribution is -2.29. The van der Waals surface area contributed by atoms with E-state index >= 15 is 0 Å². The minimum atomic E-state index is -4.81. The van der Waals surface area contributed by atoms with Gasteiger partial charge in [0.1, 0.15) is 11.5 Å². The Morgan fingerprint density at radius 1 is 0.828 bits per heavy atom. The van der Waals surface area contributed by atoms with Crippen molar-refractivity contribution in [2.24, 2.45) is 0 Å². The zero-order valence-corrected chi connectivity index (χ0v) is 15.1. The molecular weight excluding hydrogens is 385 g/mol. The maximum absolute atomic E-state index is 12.5. The van der Waals surface area contributed by atoms with Crippen LogP contribution >= 0.6 is 0 Å². The van der Waals surface area contributed by atoms with Gasteiger partial charge in [0.2, 0.25) is 0 Å². The van der Waals surface area contributed by atoms with Crippen LogP contribution < -0.4 is 20.1 Å². The molecule has 0 atom stereocenters. The Hall–Kier alpha value is -3.68. The highest BCUT2D eigenvalue weighted by molar-refractivity contribution is 5.91. The van der Waals surface area contributed by atoms with Crippen molar-refractivity contribution in [2.45, 2.75) is 12.9 Å². The van der Waals surface area contributed by atoms with Gasteiger partial charge in [-0.15, -0.1) is 13.2 Å². The smallest absolute Gasteiger partial charge is 0.455 e. The van der Waals surface area contributed by atoms with E-state index in [2.05, 4.69) is 15.4 Å². The Labute approximate surface area is 165 Å². The molecule has 0 aliphatic carbocycles. The molecule has 0 heterocycles. The molecule has 3 aromatic rings. The van der Waals surface area contributed by atoms with Crippen LogP contribution in [0.4, 0.5) is 23.7 Å². The maximum Gasteiger partial charge on any atom is 0.573 e. The van der Waals surface area contributed by atoms with Crippen LogP contribution in [0.5, 0.6) is 17.2 Å². The van der Waals surface area contributed by atoms with Crippen LogP contribution in [0.15, 0.2) is 78.9 Å². The average molecular weight is 402 g/mol. The fraction of sp³-hybridized carbons (Fsp3) is 0.0952. The van der Waals surface area contributed by atoms with Crippen LogP contribution in [-0.4, -0.2) is 12.4 Å². The second-order valence-corrected chi connectivity index (χ2v) is 5.87. The number of carbonyl (C=O) groups is 1. The van der Waals surface area contributed by atoms with Gasteiger partial charge in [0.15, 0.2) is 5.75 Å². The van der Waals surface area contributed by atoms with Crippen LogP contribution in [0.25, 0.3) is 0 Å². The Bertz CT molecular complexity index is 963. The minimum Gasteiger partial charge on any atom is -0.455 e. The third kappa shape index (κ3) is 6.17. The molecule has 3 aromatic carbocycles. The molecule has 0 fully saturated rings. The van der Waals surface area contributed by atoms with Gasteiger partial charge < -0.3 is 20.1 Å². The van der Waals surface area contributed by atoms with Crippen LogP contribution in [0.1, 0.15) is 5.56 Å². The van der Waals surface area contributed by atoms with Gasteiger partial charge in [-0.2, -0.15) is 0 Å². The normalized spacial score (nSPS) is 10.9.